The molecule has 0 unspecified atom stereocenters. The Kier molecular flexibility index (Phi) is 8.20. The molecule has 0 spiro atoms. The summed E-state index contributed by atoms with van der Waals surface area (Å²) >= 11 is 4.29. The maximum atomic E-state index is 4.96. The molecule has 0 saturated carbocycles. The average Bonchev–Trinajstić information content (AvgIpc) is 2.68. The Morgan fingerprint density at radius 2 is 1.53 bits per heavy atom. The van der Waals surface area contributed by atoms with Crippen LogP contribution in [0.1, 0.15) is 36.6 Å². The first-order valence-electron chi connectivity index (χ1n) is 9.21. The van der Waals surface area contributed by atoms with Gasteiger partial charge in [0, 0.05) is 0 Å². The second kappa shape index (κ2) is 10.0. The molecule has 6 heteroatoms. The van der Waals surface area contributed by atoms with Crippen LogP contribution in [0.4, 0.5) is 0 Å². The maximum Gasteiger partial charge on any atom is -0.147 e. The summed E-state index contributed by atoms with van der Waals surface area (Å²) in [6.07, 6.45) is 0. The molecule has 3 N–H and O–H groups in total. The van der Waals surface area contributed by atoms with Crippen LogP contribution >= 0.6 is 28.3 Å². The number of fused-ring (bicyclic) bond motifs is 3. The van der Waals surface area contributed by atoms with Gasteiger partial charge in [-0.05, 0) is 0 Å². The van der Waals surface area contributed by atoms with Crippen LogP contribution in [0.15, 0.2) is 65.8 Å². The van der Waals surface area contributed by atoms with Crippen molar-refractivity contribution in [2.75, 3.05) is 0 Å². The molecule has 0 atom stereocenters. The Bertz CT molecular complexity index is 1220. The van der Waals surface area contributed by atoms with Gasteiger partial charge in [0.05, 0.1) is 0 Å². The van der Waals surface area contributed by atoms with Gasteiger partial charge in [-0.25, -0.2) is 0 Å². The summed E-state index contributed by atoms with van der Waals surface area (Å²) in [5.41, 5.74) is 5.47. The summed E-state index contributed by atoms with van der Waals surface area (Å²) in [6, 6.07) is 19.0. The molecule has 0 aliphatic heterocycles. The molecule has 2 heterocycles. The molecule has 0 radical (unpaired) electrons. The molecule has 0 aliphatic rings. The molecule has 30 heavy (non-hydrogen) atoms. The van der Waals surface area contributed by atoms with Gasteiger partial charge in [-0.1, -0.05) is 0 Å². The zero-order valence-electron chi connectivity index (χ0n) is 17.2. The van der Waals surface area contributed by atoms with Gasteiger partial charge in [0.15, 0.2) is 0 Å². The SMILES string of the molecule is C=[C]([Fe][c]1c(C)cccc1C(C)C)c1ccc2ccc3ccc(Br)nc3c2n1.Cl.N. The number of pyridine rings is 2. The molecule has 3 nitrogen and oxygen atoms in total. The standard InChI is InChI=1S/C14H8BrN2.C10H13.ClH.Fe.H3N/c1-2-11-7-5-9-3-4-10-6-8-12(15)17-14(10)13(9)16-11;1-8(2)10-6-4-5-9(3)7-10;;;/h3-8H,1H2;4-6,8H,1-3H3;1H;;1H3. The van der Waals surface area contributed by atoms with E-state index >= 15 is 0 Å². The molecule has 158 valence electrons. The second-order valence-corrected chi connectivity index (χ2v) is 9.45. The number of benzene rings is 2. The summed E-state index contributed by atoms with van der Waals surface area (Å²) < 4.78 is 3.22. The molecular weight excluding hydrogens is 501 g/mol. The fourth-order valence-corrected chi connectivity index (χ4v) is 5.09. The number of aromatic nitrogens is 2. The largest absolute Gasteiger partial charge is 0.344 e. The van der Waals surface area contributed by atoms with Gasteiger partial charge in [0.2, 0.25) is 0 Å². The smallest absolute Gasteiger partial charge is 0.147 e. The van der Waals surface area contributed by atoms with Crippen molar-refractivity contribution in [2.45, 2.75) is 26.7 Å². The van der Waals surface area contributed by atoms with Crippen molar-refractivity contribution in [3.8, 4) is 0 Å². The third kappa shape index (κ3) is 4.77. The Morgan fingerprint density at radius 1 is 0.933 bits per heavy atom. The van der Waals surface area contributed by atoms with E-state index in [9.17, 15) is 0 Å². The average molecular weight is 527 g/mol. The zero-order valence-corrected chi connectivity index (χ0v) is 20.7. The predicted molar refractivity (Wildman–Crippen MR) is 131 cm³/mol. The van der Waals surface area contributed by atoms with Gasteiger partial charge >= 0.3 is 181 Å². The van der Waals surface area contributed by atoms with E-state index in [1.807, 2.05) is 6.07 Å². The van der Waals surface area contributed by atoms with Crippen LogP contribution in [0.2, 0.25) is 0 Å². The molecule has 0 saturated heterocycles. The number of hydrogen-bond acceptors (Lipinski definition) is 3. The second-order valence-electron chi connectivity index (χ2n) is 7.14. The van der Waals surface area contributed by atoms with E-state index in [-0.39, 0.29) is 18.6 Å². The fraction of sp³-hybridized carbons (Fsp3) is 0.167. The van der Waals surface area contributed by atoms with Gasteiger partial charge in [0.1, 0.15) is 0 Å². The molecule has 0 bridgehead atoms. The van der Waals surface area contributed by atoms with Gasteiger partial charge in [-0.3, -0.25) is 0 Å². The first-order chi connectivity index (χ1) is 13.4. The molecular formula is C24H25BrClFeN3. The normalized spacial score (nSPS) is 10.8. The summed E-state index contributed by atoms with van der Waals surface area (Å²) in [6.45, 7) is 11.0. The van der Waals surface area contributed by atoms with Gasteiger partial charge in [-0.15, -0.1) is 12.4 Å². The van der Waals surface area contributed by atoms with E-state index < -0.39 is 0 Å². The van der Waals surface area contributed by atoms with Crippen LogP contribution in [0.5, 0.6) is 0 Å². The number of nitrogens with zero attached hydrogens (tertiary/aromatic N) is 2. The van der Waals surface area contributed by atoms with E-state index in [0.29, 0.717) is 5.92 Å². The first kappa shape index (κ1) is 24.5. The quantitative estimate of drug-likeness (QED) is 0.178. The summed E-state index contributed by atoms with van der Waals surface area (Å²) in [5, 5.41) is 2.18. The minimum atomic E-state index is 0. The molecule has 2 aromatic carbocycles. The van der Waals surface area contributed by atoms with Crippen LogP contribution in [0, 0.1) is 6.92 Å². The summed E-state index contributed by atoms with van der Waals surface area (Å²) in [5.74, 6) is 0.484. The molecule has 4 rings (SSSR count). The van der Waals surface area contributed by atoms with Crippen molar-refractivity contribution < 1.29 is 15.0 Å². The van der Waals surface area contributed by atoms with Crippen molar-refractivity contribution >= 4 is 59.1 Å². The van der Waals surface area contributed by atoms with Crippen molar-refractivity contribution in [3.05, 3.63) is 82.6 Å². The van der Waals surface area contributed by atoms with Gasteiger partial charge < -0.3 is 6.15 Å². The number of halogens is 2. The molecule has 0 fully saturated rings. The Labute approximate surface area is 198 Å². The number of hydrogen-bond donors (Lipinski definition) is 1. The molecule has 4 aromatic rings. The van der Waals surface area contributed by atoms with Crippen LogP contribution in [0.3, 0.4) is 0 Å². The monoisotopic (exact) mass is 525 g/mol. The van der Waals surface area contributed by atoms with Crippen LogP contribution in [-0.4, -0.2) is 9.97 Å². The molecule has 0 aliphatic carbocycles. The molecule has 0 amide bonds. The van der Waals surface area contributed by atoms with Crippen molar-refractivity contribution in [3.63, 3.8) is 0 Å². The van der Waals surface area contributed by atoms with Crippen molar-refractivity contribution in [1.29, 1.82) is 0 Å². The van der Waals surface area contributed by atoms with E-state index in [1.54, 1.807) is 0 Å². The third-order valence-electron chi connectivity index (χ3n) is 4.78. The number of rotatable bonds is 4. The summed E-state index contributed by atoms with van der Waals surface area (Å²) in [7, 11) is 0. The minimum Gasteiger partial charge on any atom is -0.344 e. The minimum absolute atomic E-state index is 0. The van der Waals surface area contributed by atoms with Crippen LogP contribution in [-0.2, 0) is 15.0 Å². The third-order valence-corrected chi connectivity index (χ3v) is 6.87. The Hall–Kier alpha value is -1.75. The van der Waals surface area contributed by atoms with E-state index in [0.717, 1.165) is 51.5 Å². The Balaban J connectivity index is 0.00000160. The first-order valence-corrected chi connectivity index (χ1v) is 11.1. The van der Waals surface area contributed by atoms with E-state index in [1.165, 1.54) is 15.6 Å². The van der Waals surface area contributed by atoms with E-state index in [2.05, 4.69) is 96.8 Å². The van der Waals surface area contributed by atoms with Crippen LogP contribution in [0.25, 0.3) is 26.3 Å². The number of aryl methyl sites for hydroxylation is 1. The Morgan fingerprint density at radius 3 is 2.20 bits per heavy atom. The topological polar surface area (TPSA) is 60.8 Å². The van der Waals surface area contributed by atoms with Gasteiger partial charge in [-0.2, -0.15) is 0 Å². The van der Waals surface area contributed by atoms with Crippen molar-refractivity contribution in [2.24, 2.45) is 0 Å². The summed E-state index contributed by atoms with van der Waals surface area (Å²) in [4.78, 5) is 9.63. The van der Waals surface area contributed by atoms with E-state index in [4.69, 9.17) is 4.98 Å². The fourth-order valence-electron chi connectivity index (χ4n) is 3.27. The van der Waals surface area contributed by atoms with Crippen molar-refractivity contribution in [1.82, 2.24) is 16.1 Å². The molecule has 2 aromatic heterocycles. The van der Waals surface area contributed by atoms with Crippen LogP contribution < -0.4 is 10.6 Å². The zero-order chi connectivity index (χ0) is 19.8. The maximum absolute atomic E-state index is 4.96. The van der Waals surface area contributed by atoms with Gasteiger partial charge in [0.25, 0.3) is 0 Å². The predicted octanol–water partition coefficient (Wildman–Crippen LogP) is 6.94.